The standard InChI is InChI=1S/C12H16N2O/c1-8-3-2-4-10-12(8)13-5-9-6-15-7-11(9)14-10/h2-4,9,11,13-14H,5-7H2,1H3. The van der Waals surface area contributed by atoms with Crippen LogP contribution in [0.2, 0.25) is 0 Å². The van der Waals surface area contributed by atoms with E-state index in [-0.39, 0.29) is 0 Å². The first-order valence-corrected chi connectivity index (χ1v) is 5.52. The van der Waals surface area contributed by atoms with Crippen LogP contribution in [0.3, 0.4) is 0 Å². The molecule has 2 atom stereocenters. The topological polar surface area (TPSA) is 33.3 Å². The molecule has 2 heterocycles. The molecule has 0 spiro atoms. The highest BCUT2D eigenvalue weighted by atomic mass is 16.5. The molecule has 2 aliphatic rings. The Morgan fingerprint density at radius 2 is 2.27 bits per heavy atom. The number of rotatable bonds is 0. The van der Waals surface area contributed by atoms with Crippen LogP contribution in [0, 0.1) is 12.8 Å². The van der Waals surface area contributed by atoms with Crippen molar-refractivity contribution in [3.63, 3.8) is 0 Å². The van der Waals surface area contributed by atoms with Crippen LogP contribution >= 0.6 is 0 Å². The van der Waals surface area contributed by atoms with Crippen LogP contribution in [0.1, 0.15) is 5.56 Å². The minimum absolute atomic E-state index is 0.473. The molecule has 0 aromatic heterocycles. The van der Waals surface area contributed by atoms with E-state index in [1.54, 1.807) is 0 Å². The number of nitrogens with one attached hydrogen (secondary N) is 2. The van der Waals surface area contributed by atoms with E-state index in [9.17, 15) is 0 Å². The van der Waals surface area contributed by atoms with E-state index in [1.807, 2.05) is 0 Å². The molecule has 1 saturated heterocycles. The van der Waals surface area contributed by atoms with Crippen molar-refractivity contribution in [2.24, 2.45) is 5.92 Å². The largest absolute Gasteiger partial charge is 0.383 e. The number of hydrogen-bond acceptors (Lipinski definition) is 3. The van der Waals surface area contributed by atoms with Gasteiger partial charge in [-0.2, -0.15) is 0 Å². The molecule has 2 N–H and O–H groups in total. The Balaban J connectivity index is 1.97. The van der Waals surface area contributed by atoms with Crippen LogP contribution in [0.25, 0.3) is 0 Å². The summed E-state index contributed by atoms with van der Waals surface area (Å²) in [6, 6.07) is 6.85. The van der Waals surface area contributed by atoms with Crippen LogP contribution in [0.5, 0.6) is 0 Å². The van der Waals surface area contributed by atoms with Crippen molar-refractivity contribution in [1.29, 1.82) is 0 Å². The van der Waals surface area contributed by atoms with E-state index < -0.39 is 0 Å². The molecule has 0 amide bonds. The molecule has 2 aliphatic heterocycles. The molecule has 0 saturated carbocycles. The summed E-state index contributed by atoms with van der Waals surface area (Å²) in [6.07, 6.45) is 0. The smallest absolute Gasteiger partial charge is 0.0672 e. The first-order valence-electron chi connectivity index (χ1n) is 5.52. The minimum Gasteiger partial charge on any atom is -0.383 e. The van der Waals surface area contributed by atoms with Crippen LogP contribution in [0.4, 0.5) is 11.4 Å². The van der Waals surface area contributed by atoms with Gasteiger partial charge in [0.05, 0.1) is 30.6 Å². The third-order valence-electron chi connectivity index (χ3n) is 3.35. The van der Waals surface area contributed by atoms with Crippen molar-refractivity contribution < 1.29 is 4.74 Å². The van der Waals surface area contributed by atoms with Gasteiger partial charge in [-0.05, 0) is 18.6 Å². The summed E-state index contributed by atoms with van der Waals surface area (Å²) in [5.74, 6) is 0.594. The molecule has 1 aromatic rings. The number of fused-ring (bicyclic) bond motifs is 2. The highest BCUT2D eigenvalue weighted by Gasteiger charge is 2.30. The molecule has 0 radical (unpaired) electrons. The molecule has 1 aromatic carbocycles. The van der Waals surface area contributed by atoms with Crippen LogP contribution < -0.4 is 10.6 Å². The summed E-state index contributed by atoms with van der Waals surface area (Å²) < 4.78 is 5.49. The third-order valence-corrected chi connectivity index (χ3v) is 3.35. The fourth-order valence-electron chi connectivity index (χ4n) is 2.41. The summed E-state index contributed by atoms with van der Waals surface area (Å²) in [5.41, 5.74) is 3.78. The van der Waals surface area contributed by atoms with Crippen molar-refractivity contribution >= 4 is 11.4 Å². The SMILES string of the molecule is Cc1cccc2c1NCC1COCC1N2. The van der Waals surface area contributed by atoms with Crippen molar-refractivity contribution in [3.8, 4) is 0 Å². The van der Waals surface area contributed by atoms with Gasteiger partial charge >= 0.3 is 0 Å². The zero-order valence-corrected chi connectivity index (χ0v) is 8.92. The number of para-hydroxylation sites is 1. The van der Waals surface area contributed by atoms with E-state index in [4.69, 9.17) is 4.74 Å². The maximum absolute atomic E-state index is 5.49. The van der Waals surface area contributed by atoms with Crippen molar-refractivity contribution in [1.82, 2.24) is 0 Å². The lowest BCUT2D eigenvalue weighted by Crippen LogP contribution is -2.29. The molecular formula is C12H16N2O. The zero-order chi connectivity index (χ0) is 10.3. The molecular weight excluding hydrogens is 188 g/mol. The quantitative estimate of drug-likeness (QED) is 0.676. The Morgan fingerprint density at radius 1 is 1.33 bits per heavy atom. The Bertz CT molecular complexity index is 378. The van der Waals surface area contributed by atoms with E-state index in [0.29, 0.717) is 12.0 Å². The highest BCUT2D eigenvalue weighted by Crippen LogP contribution is 2.31. The van der Waals surface area contributed by atoms with Gasteiger partial charge in [-0.1, -0.05) is 12.1 Å². The summed E-state index contributed by atoms with van der Waals surface area (Å²) in [7, 11) is 0. The van der Waals surface area contributed by atoms with Crippen molar-refractivity contribution in [3.05, 3.63) is 23.8 Å². The molecule has 80 valence electrons. The van der Waals surface area contributed by atoms with Gasteiger partial charge in [0.25, 0.3) is 0 Å². The van der Waals surface area contributed by atoms with Gasteiger partial charge in [0.15, 0.2) is 0 Å². The van der Waals surface area contributed by atoms with Crippen LogP contribution in [-0.4, -0.2) is 25.8 Å². The molecule has 3 rings (SSSR count). The Labute approximate surface area is 89.8 Å². The van der Waals surface area contributed by atoms with E-state index in [2.05, 4.69) is 35.8 Å². The predicted octanol–water partition coefficient (Wildman–Crippen LogP) is 1.85. The van der Waals surface area contributed by atoms with Crippen molar-refractivity contribution in [2.75, 3.05) is 30.4 Å². The van der Waals surface area contributed by atoms with Crippen LogP contribution in [0.15, 0.2) is 18.2 Å². The second-order valence-electron chi connectivity index (χ2n) is 4.43. The van der Waals surface area contributed by atoms with E-state index >= 15 is 0 Å². The summed E-state index contributed by atoms with van der Waals surface area (Å²) in [6.45, 7) is 4.86. The fraction of sp³-hybridized carbons (Fsp3) is 0.500. The average molecular weight is 204 g/mol. The lowest BCUT2D eigenvalue weighted by Gasteiger charge is -2.15. The molecule has 15 heavy (non-hydrogen) atoms. The van der Waals surface area contributed by atoms with Crippen molar-refractivity contribution in [2.45, 2.75) is 13.0 Å². The normalized spacial score (nSPS) is 28.3. The number of benzene rings is 1. The Hall–Kier alpha value is -1.22. The second kappa shape index (κ2) is 3.42. The number of ether oxygens (including phenoxy) is 1. The molecule has 0 aliphatic carbocycles. The third kappa shape index (κ3) is 1.47. The molecule has 1 fully saturated rings. The number of anilines is 2. The number of hydrogen-bond donors (Lipinski definition) is 2. The highest BCUT2D eigenvalue weighted by molar-refractivity contribution is 5.73. The first-order chi connectivity index (χ1) is 7.34. The maximum Gasteiger partial charge on any atom is 0.0672 e. The van der Waals surface area contributed by atoms with Gasteiger partial charge in [0, 0.05) is 12.5 Å². The predicted molar refractivity (Wildman–Crippen MR) is 61.4 cm³/mol. The fourth-order valence-corrected chi connectivity index (χ4v) is 2.41. The van der Waals surface area contributed by atoms with Gasteiger partial charge in [-0.25, -0.2) is 0 Å². The summed E-state index contributed by atoms with van der Waals surface area (Å²) in [4.78, 5) is 0. The summed E-state index contributed by atoms with van der Waals surface area (Å²) in [5, 5.41) is 7.10. The zero-order valence-electron chi connectivity index (χ0n) is 8.92. The maximum atomic E-state index is 5.49. The monoisotopic (exact) mass is 204 g/mol. The lowest BCUT2D eigenvalue weighted by atomic mass is 10.0. The number of aryl methyl sites for hydroxylation is 1. The molecule has 3 heteroatoms. The van der Waals surface area contributed by atoms with Crippen LogP contribution in [-0.2, 0) is 4.74 Å². The Morgan fingerprint density at radius 3 is 3.20 bits per heavy atom. The molecule has 0 bridgehead atoms. The second-order valence-corrected chi connectivity index (χ2v) is 4.43. The molecule has 3 nitrogen and oxygen atoms in total. The minimum atomic E-state index is 0.473. The van der Waals surface area contributed by atoms with Gasteiger partial charge in [0.1, 0.15) is 0 Å². The van der Waals surface area contributed by atoms with E-state index in [1.165, 1.54) is 16.9 Å². The average Bonchev–Trinajstić information content (AvgIpc) is 2.58. The van der Waals surface area contributed by atoms with Gasteiger partial charge < -0.3 is 15.4 Å². The van der Waals surface area contributed by atoms with Gasteiger partial charge in [-0.3, -0.25) is 0 Å². The Kier molecular flexibility index (Phi) is 2.06. The molecule has 2 unspecified atom stereocenters. The van der Waals surface area contributed by atoms with Gasteiger partial charge in [-0.15, -0.1) is 0 Å². The van der Waals surface area contributed by atoms with E-state index in [0.717, 1.165) is 19.8 Å². The summed E-state index contributed by atoms with van der Waals surface area (Å²) >= 11 is 0. The lowest BCUT2D eigenvalue weighted by molar-refractivity contribution is 0.186. The first kappa shape index (κ1) is 9.04. The van der Waals surface area contributed by atoms with Gasteiger partial charge in [0.2, 0.25) is 0 Å².